The van der Waals surface area contributed by atoms with Crippen molar-refractivity contribution in [1.82, 2.24) is 14.8 Å². The van der Waals surface area contributed by atoms with Gasteiger partial charge in [-0.2, -0.15) is 0 Å². The number of hydrogen-bond acceptors (Lipinski definition) is 6. The molecule has 1 amide bonds. The van der Waals surface area contributed by atoms with E-state index in [-0.39, 0.29) is 12.3 Å². The molecule has 32 heavy (non-hydrogen) atoms. The number of thiazole rings is 1. The lowest BCUT2D eigenvalue weighted by molar-refractivity contribution is -0.115. The second-order valence-corrected chi connectivity index (χ2v) is 9.44. The van der Waals surface area contributed by atoms with E-state index in [0.29, 0.717) is 0 Å². The molecule has 0 radical (unpaired) electrons. The Morgan fingerprint density at radius 3 is 2.38 bits per heavy atom. The van der Waals surface area contributed by atoms with Gasteiger partial charge in [-0.05, 0) is 36.9 Å². The van der Waals surface area contributed by atoms with Gasteiger partial charge in [-0.1, -0.05) is 24.3 Å². The van der Waals surface area contributed by atoms with Gasteiger partial charge in [0.2, 0.25) is 5.91 Å². The van der Waals surface area contributed by atoms with Gasteiger partial charge >= 0.3 is 0 Å². The fourth-order valence-electron chi connectivity index (χ4n) is 3.75. The van der Waals surface area contributed by atoms with E-state index in [4.69, 9.17) is 0 Å². The van der Waals surface area contributed by atoms with Crippen LogP contribution in [0, 0.1) is 0 Å². The zero-order valence-electron chi connectivity index (χ0n) is 19.0. The van der Waals surface area contributed by atoms with Gasteiger partial charge in [0.15, 0.2) is 0 Å². The molecule has 3 aromatic rings. The van der Waals surface area contributed by atoms with Crippen LogP contribution < -0.4 is 10.2 Å². The molecule has 168 valence electrons. The van der Waals surface area contributed by atoms with Crippen LogP contribution in [0.5, 0.6) is 0 Å². The van der Waals surface area contributed by atoms with Crippen molar-refractivity contribution in [2.24, 2.45) is 0 Å². The summed E-state index contributed by atoms with van der Waals surface area (Å²) >= 11 is 1.59. The number of aromatic nitrogens is 1. The third-order valence-electron chi connectivity index (χ3n) is 5.76. The van der Waals surface area contributed by atoms with E-state index in [9.17, 15) is 4.79 Å². The van der Waals surface area contributed by atoms with Gasteiger partial charge in [-0.25, -0.2) is 4.98 Å². The SMILES string of the molecule is CN1CCN(Cc2ccc(-c3nc(CC(=O)Nc4ccc(N(C)C)cc4)cs3)cc2)CC1. The topological polar surface area (TPSA) is 51.7 Å². The molecule has 1 aliphatic rings. The molecule has 2 aromatic carbocycles. The van der Waals surface area contributed by atoms with Crippen LogP contribution in [0.25, 0.3) is 10.6 Å². The number of amides is 1. The third-order valence-corrected chi connectivity index (χ3v) is 6.70. The first kappa shape index (κ1) is 22.5. The Morgan fingerprint density at radius 2 is 1.72 bits per heavy atom. The predicted octanol–water partition coefficient (Wildman–Crippen LogP) is 3.80. The molecule has 2 heterocycles. The van der Waals surface area contributed by atoms with Crippen molar-refractivity contribution >= 4 is 28.6 Å². The summed E-state index contributed by atoms with van der Waals surface area (Å²) in [6, 6.07) is 16.5. The van der Waals surface area contributed by atoms with E-state index in [0.717, 1.165) is 60.4 Å². The van der Waals surface area contributed by atoms with Gasteiger partial charge in [0.25, 0.3) is 0 Å². The molecule has 1 N–H and O–H groups in total. The minimum Gasteiger partial charge on any atom is -0.378 e. The first-order valence-electron chi connectivity index (χ1n) is 11.0. The molecule has 7 heteroatoms. The Morgan fingerprint density at radius 1 is 1.03 bits per heavy atom. The Bertz CT molecular complexity index is 1020. The van der Waals surface area contributed by atoms with E-state index in [1.54, 1.807) is 11.3 Å². The summed E-state index contributed by atoms with van der Waals surface area (Å²) in [4.78, 5) is 24.0. The summed E-state index contributed by atoms with van der Waals surface area (Å²) in [5.74, 6) is -0.0537. The number of rotatable bonds is 7. The molecule has 1 fully saturated rings. The maximum Gasteiger partial charge on any atom is 0.230 e. The largest absolute Gasteiger partial charge is 0.378 e. The van der Waals surface area contributed by atoms with Crippen molar-refractivity contribution in [2.45, 2.75) is 13.0 Å². The number of carbonyl (C=O) groups excluding carboxylic acids is 1. The lowest BCUT2D eigenvalue weighted by Gasteiger charge is -2.32. The zero-order chi connectivity index (χ0) is 22.5. The van der Waals surface area contributed by atoms with Crippen molar-refractivity contribution in [1.29, 1.82) is 0 Å². The summed E-state index contributed by atoms with van der Waals surface area (Å²) in [7, 11) is 6.17. The van der Waals surface area contributed by atoms with Gasteiger partial charge in [0.05, 0.1) is 12.1 Å². The summed E-state index contributed by atoms with van der Waals surface area (Å²) in [5.41, 5.74) is 5.13. The van der Waals surface area contributed by atoms with Crippen LogP contribution in [0.1, 0.15) is 11.3 Å². The van der Waals surface area contributed by atoms with Crippen molar-refractivity contribution in [3.63, 3.8) is 0 Å². The summed E-state index contributed by atoms with van der Waals surface area (Å²) in [6.07, 6.45) is 0.271. The Kier molecular flexibility index (Phi) is 7.19. The van der Waals surface area contributed by atoms with Gasteiger partial charge in [0.1, 0.15) is 5.01 Å². The highest BCUT2D eigenvalue weighted by molar-refractivity contribution is 7.13. The summed E-state index contributed by atoms with van der Waals surface area (Å²) < 4.78 is 0. The number of piperazine rings is 1. The second kappa shape index (κ2) is 10.3. The van der Waals surface area contributed by atoms with E-state index in [1.807, 2.05) is 48.6 Å². The van der Waals surface area contributed by atoms with Crippen LogP contribution >= 0.6 is 11.3 Å². The van der Waals surface area contributed by atoms with Crippen LogP contribution in [0.4, 0.5) is 11.4 Å². The molecule has 1 saturated heterocycles. The number of nitrogens with one attached hydrogen (secondary N) is 1. The maximum atomic E-state index is 12.4. The lowest BCUT2D eigenvalue weighted by atomic mass is 10.1. The number of benzene rings is 2. The first-order chi connectivity index (χ1) is 15.5. The van der Waals surface area contributed by atoms with Gasteiger partial charge in [-0.15, -0.1) is 11.3 Å². The van der Waals surface area contributed by atoms with Crippen molar-refractivity contribution in [3.05, 3.63) is 65.2 Å². The number of carbonyl (C=O) groups is 1. The molecule has 0 spiro atoms. The molecular weight excluding hydrogens is 418 g/mol. The standard InChI is InChI=1S/C25H31N5OS/c1-28(2)23-10-8-21(9-11-23)26-24(31)16-22-18-32-25(27-22)20-6-4-19(5-7-20)17-30-14-12-29(3)13-15-30/h4-11,18H,12-17H2,1-3H3,(H,26,31). The Balaban J connectivity index is 1.31. The highest BCUT2D eigenvalue weighted by Gasteiger charge is 2.14. The number of anilines is 2. The molecule has 0 unspecified atom stereocenters. The highest BCUT2D eigenvalue weighted by atomic mass is 32.1. The van der Waals surface area contributed by atoms with Crippen LogP contribution in [0.15, 0.2) is 53.9 Å². The van der Waals surface area contributed by atoms with Crippen molar-refractivity contribution < 1.29 is 4.79 Å². The van der Waals surface area contributed by atoms with Crippen LogP contribution in [-0.4, -0.2) is 68.0 Å². The molecule has 0 bridgehead atoms. The van der Waals surface area contributed by atoms with Crippen LogP contribution in [-0.2, 0) is 17.8 Å². The van der Waals surface area contributed by atoms with E-state index >= 15 is 0 Å². The number of likely N-dealkylation sites (N-methyl/N-ethyl adjacent to an activating group) is 1. The third kappa shape index (κ3) is 5.94. The molecule has 0 atom stereocenters. The van der Waals surface area contributed by atoms with Gasteiger partial charge in [0, 0.05) is 69.1 Å². The normalized spacial score (nSPS) is 15.0. The molecular formula is C25H31N5OS. The molecule has 0 saturated carbocycles. The zero-order valence-corrected chi connectivity index (χ0v) is 19.9. The molecule has 1 aromatic heterocycles. The molecule has 4 rings (SSSR count). The quantitative estimate of drug-likeness (QED) is 0.595. The Hall–Kier alpha value is -2.74. The van der Waals surface area contributed by atoms with Gasteiger partial charge < -0.3 is 15.1 Å². The van der Waals surface area contributed by atoms with Crippen molar-refractivity contribution in [2.75, 3.05) is 57.5 Å². The molecule has 1 aliphatic heterocycles. The average molecular weight is 450 g/mol. The smallest absolute Gasteiger partial charge is 0.230 e. The maximum absolute atomic E-state index is 12.4. The van der Waals surface area contributed by atoms with Crippen molar-refractivity contribution in [3.8, 4) is 10.6 Å². The number of hydrogen-bond donors (Lipinski definition) is 1. The van der Waals surface area contributed by atoms with Crippen LogP contribution in [0.2, 0.25) is 0 Å². The Labute approximate surface area is 194 Å². The predicted molar refractivity (Wildman–Crippen MR) is 133 cm³/mol. The van der Waals surface area contributed by atoms with Crippen LogP contribution in [0.3, 0.4) is 0 Å². The molecule has 6 nitrogen and oxygen atoms in total. The fourth-order valence-corrected chi connectivity index (χ4v) is 4.58. The van der Waals surface area contributed by atoms with Gasteiger partial charge in [-0.3, -0.25) is 9.69 Å². The lowest BCUT2D eigenvalue weighted by Crippen LogP contribution is -2.43. The van der Waals surface area contributed by atoms with E-state index in [1.165, 1.54) is 5.56 Å². The summed E-state index contributed by atoms with van der Waals surface area (Å²) in [5, 5.41) is 5.88. The fraction of sp³-hybridized carbons (Fsp3) is 0.360. The first-order valence-corrected chi connectivity index (χ1v) is 11.9. The molecule has 0 aliphatic carbocycles. The minimum absolute atomic E-state index is 0.0537. The summed E-state index contributed by atoms with van der Waals surface area (Å²) in [6.45, 7) is 5.50. The number of nitrogens with zero attached hydrogens (tertiary/aromatic N) is 4. The average Bonchev–Trinajstić information content (AvgIpc) is 3.24. The minimum atomic E-state index is -0.0537. The highest BCUT2D eigenvalue weighted by Crippen LogP contribution is 2.25. The second-order valence-electron chi connectivity index (χ2n) is 8.59. The monoisotopic (exact) mass is 449 g/mol. The van der Waals surface area contributed by atoms with E-state index in [2.05, 4.69) is 51.4 Å². The van der Waals surface area contributed by atoms with E-state index < -0.39 is 0 Å².